The highest BCUT2D eigenvalue weighted by Crippen LogP contribution is 2.43. The second-order valence-corrected chi connectivity index (χ2v) is 8.63. The minimum absolute atomic E-state index is 0.166. The molecule has 2 rings (SSSR count). The summed E-state index contributed by atoms with van der Waals surface area (Å²) >= 11 is 8.76. The lowest BCUT2D eigenvalue weighted by atomic mass is 9.84. The molecule has 1 aromatic carbocycles. The molecule has 0 heterocycles. The molecule has 0 spiro atoms. The standard InChI is InChI=1S/C24H33BrO3S/c1-4-6-7-11-19-16-21(26-5-2)23(20-12-8-10-18(3)15-20)22(17-19)28-24(29)27-14-9-13-25/h5,15-17,20H,2,4,6-14H2,1,3H3/t20-/m0/s1. The van der Waals surface area contributed by atoms with Crippen LogP contribution in [0.5, 0.6) is 11.5 Å². The van der Waals surface area contributed by atoms with Crippen molar-refractivity contribution in [1.82, 2.24) is 0 Å². The predicted octanol–water partition coefficient (Wildman–Crippen LogP) is 7.62. The van der Waals surface area contributed by atoms with E-state index in [0.29, 0.717) is 6.61 Å². The van der Waals surface area contributed by atoms with Gasteiger partial charge in [-0.25, -0.2) is 0 Å². The number of alkyl halides is 1. The maximum Gasteiger partial charge on any atom is 0.357 e. The number of unbranched alkanes of at least 4 members (excludes halogenated alkanes) is 2. The van der Waals surface area contributed by atoms with Gasteiger partial charge in [-0.3, -0.25) is 0 Å². The summed E-state index contributed by atoms with van der Waals surface area (Å²) in [7, 11) is 0. The fourth-order valence-corrected chi connectivity index (χ4v) is 4.09. The number of hydrogen-bond donors (Lipinski definition) is 0. The van der Waals surface area contributed by atoms with Gasteiger partial charge >= 0.3 is 5.24 Å². The van der Waals surface area contributed by atoms with Crippen LogP contribution in [0.2, 0.25) is 0 Å². The van der Waals surface area contributed by atoms with Crippen molar-refractivity contribution in [2.75, 3.05) is 11.9 Å². The highest BCUT2D eigenvalue weighted by molar-refractivity contribution is 9.09. The maximum atomic E-state index is 6.06. The number of hydrogen-bond acceptors (Lipinski definition) is 4. The van der Waals surface area contributed by atoms with Gasteiger partial charge in [0.2, 0.25) is 0 Å². The summed E-state index contributed by atoms with van der Waals surface area (Å²) in [5.41, 5.74) is 3.63. The van der Waals surface area contributed by atoms with E-state index in [1.807, 2.05) is 0 Å². The van der Waals surface area contributed by atoms with Crippen LogP contribution in [0.25, 0.3) is 0 Å². The topological polar surface area (TPSA) is 27.7 Å². The normalized spacial score (nSPS) is 16.1. The highest BCUT2D eigenvalue weighted by Gasteiger charge is 2.24. The molecule has 0 radical (unpaired) electrons. The maximum absolute atomic E-state index is 6.06. The van der Waals surface area contributed by atoms with Crippen LogP contribution in [0.4, 0.5) is 0 Å². The van der Waals surface area contributed by atoms with Gasteiger partial charge in [0, 0.05) is 29.0 Å². The molecule has 29 heavy (non-hydrogen) atoms. The van der Waals surface area contributed by atoms with E-state index in [9.17, 15) is 0 Å². The van der Waals surface area contributed by atoms with Crippen molar-refractivity contribution in [2.24, 2.45) is 0 Å². The van der Waals surface area contributed by atoms with Crippen molar-refractivity contribution < 1.29 is 14.2 Å². The third kappa shape index (κ3) is 7.78. The van der Waals surface area contributed by atoms with Gasteiger partial charge in [0.05, 0.1) is 12.9 Å². The zero-order chi connectivity index (χ0) is 21.1. The average molecular weight is 481 g/mol. The van der Waals surface area contributed by atoms with Crippen LogP contribution in [-0.2, 0) is 11.2 Å². The van der Waals surface area contributed by atoms with Gasteiger partial charge in [0.25, 0.3) is 0 Å². The number of halogens is 1. The van der Waals surface area contributed by atoms with E-state index >= 15 is 0 Å². The summed E-state index contributed by atoms with van der Waals surface area (Å²) < 4.78 is 17.5. The quantitative estimate of drug-likeness (QED) is 0.107. The molecule has 0 saturated heterocycles. The van der Waals surface area contributed by atoms with E-state index in [1.165, 1.54) is 30.2 Å². The van der Waals surface area contributed by atoms with Gasteiger partial charge in [0.15, 0.2) is 0 Å². The second-order valence-electron chi connectivity index (χ2n) is 7.50. The first kappa shape index (κ1) is 23.9. The van der Waals surface area contributed by atoms with Crippen molar-refractivity contribution >= 4 is 33.4 Å². The molecular weight excluding hydrogens is 448 g/mol. The Balaban J connectivity index is 2.38. The van der Waals surface area contributed by atoms with Crippen LogP contribution in [0, 0.1) is 0 Å². The van der Waals surface area contributed by atoms with Gasteiger partial charge in [0.1, 0.15) is 11.5 Å². The molecule has 1 aliphatic rings. The van der Waals surface area contributed by atoms with Crippen molar-refractivity contribution in [3.63, 3.8) is 0 Å². The lowest BCUT2D eigenvalue weighted by molar-refractivity contribution is 0.248. The Morgan fingerprint density at radius 2 is 2.07 bits per heavy atom. The highest BCUT2D eigenvalue weighted by atomic mass is 79.9. The summed E-state index contributed by atoms with van der Waals surface area (Å²) in [4.78, 5) is 0. The third-order valence-corrected chi connectivity index (χ3v) is 5.84. The van der Waals surface area contributed by atoms with Crippen LogP contribution < -0.4 is 9.47 Å². The van der Waals surface area contributed by atoms with Gasteiger partial charge in [-0.2, -0.15) is 0 Å². The number of aryl methyl sites for hydroxylation is 1. The molecule has 160 valence electrons. The van der Waals surface area contributed by atoms with Crippen molar-refractivity contribution in [1.29, 1.82) is 0 Å². The number of benzene rings is 1. The zero-order valence-corrected chi connectivity index (χ0v) is 20.1. The zero-order valence-electron chi connectivity index (χ0n) is 17.7. The van der Waals surface area contributed by atoms with Gasteiger partial charge in [-0.15, -0.1) is 0 Å². The van der Waals surface area contributed by atoms with Crippen LogP contribution in [0.1, 0.15) is 75.8 Å². The van der Waals surface area contributed by atoms with Crippen molar-refractivity contribution in [2.45, 2.75) is 71.1 Å². The molecule has 0 aromatic heterocycles. The molecular formula is C24H33BrO3S. The molecule has 1 aromatic rings. The van der Waals surface area contributed by atoms with Crippen LogP contribution >= 0.6 is 28.1 Å². The summed E-state index contributed by atoms with van der Waals surface area (Å²) in [6.45, 7) is 8.71. The van der Waals surface area contributed by atoms with Gasteiger partial charge < -0.3 is 14.2 Å². The molecule has 0 unspecified atom stereocenters. The second kappa shape index (κ2) is 13.1. The first-order chi connectivity index (χ1) is 14.1. The molecule has 1 aliphatic carbocycles. The number of thiocarbonyl (C=S) groups is 1. The summed E-state index contributed by atoms with van der Waals surface area (Å²) in [6, 6.07) is 4.24. The molecule has 1 atom stereocenters. The van der Waals surface area contributed by atoms with Gasteiger partial charge in [-0.05, 0) is 63.1 Å². The Labute approximate surface area is 189 Å². The summed E-state index contributed by atoms with van der Waals surface area (Å²) in [5.74, 6) is 1.79. The third-order valence-electron chi connectivity index (χ3n) is 5.08. The fraction of sp³-hybridized carbons (Fsp3) is 0.542. The first-order valence-corrected chi connectivity index (χ1v) is 12.1. The molecule has 0 aliphatic heterocycles. The number of allylic oxidation sites excluding steroid dienone is 2. The monoisotopic (exact) mass is 480 g/mol. The summed E-state index contributed by atoms with van der Waals surface area (Å²) in [6.07, 6.45) is 12.6. The molecule has 0 fully saturated rings. The largest absolute Gasteiger partial charge is 0.465 e. The lowest BCUT2D eigenvalue weighted by Crippen LogP contribution is -2.15. The molecule has 0 bridgehead atoms. The van der Waals surface area contributed by atoms with Crippen molar-refractivity contribution in [3.8, 4) is 11.5 Å². The minimum Gasteiger partial charge on any atom is -0.465 e. The molecule has 3 nitrogen and oxygen atoms in total. The van der Waals surface area contributed by atoms with E-state index in [0.717, 1.165) is 60.9 Å². The van der Waals surface area contributed by atoms with Crippen LogP contribution in [0.15, 0.2) is 36.6 Å². The SMILES string of the molecule is C=COc1cc(CCCCC)cc(OC(=S)OCCCBr)c1[C@@H]1C=C(C)CCC1. The van der Waals surface area contributed by atoms with Crippen molar-refractivity contribution in [3.05, 3.63) is 47.7 Å². The van der Waals surface area contributed by atoms with E-state index < -0.39 is 0 Å². The van der Waals surface area contributed by atoms with E-state index in [-0.39, 0.29) is 11.2 Å². The van der Waals surface area contributed by atoms with Crippen LogP contribution in [0.3, 0.4) is 0 Å². The Kier molecular flexibility index (Phi) is 10.8. The minimum atomic E-state index is 0.166. The molecule has 0 saturated carbocycles. The van der Waals surface area contributed by atoms with Gasteiger partial charge in [-0.1, -0.05) is 53.9 Å². The molecule has 0 N–H and O–H groups in total. The lowest BCUT2D eigenvalue weighted by Gasteiger charge is -2.25. The Morgan fingerprint density at radius 1 is 1.28 bits per heavy atom. The Bertz CT molecular complexity index is 714. The van der Waals surface area contributed by atoms with E-state index in [4.69, 9.17) is 26.4 Å². The Hall–Kier alpha value is -1.33. The number of rotatable bonds is 11. The summed E-state index contributed by atoms with van der Waals surface area (Å²) in [5, 5.41) is 1.04. The first-order valence-electron chi connectivity index (χ1n) is 10.6. The number of ether oxygens (including phenoxy) is 3. The Morgan fingerprint density at radius 3 is 2.76 bits per heavy atom. The predicted molar refractivity (Wildman–Crippen MR) is 128 cm³/mol. The fourth-order valence-electron chi connectivity index (χ4n) is 3.68. The van der Waals surface area contributed by atoms with E-state index in [2.05, 4.69) is 54.6 Å². The van der Waals surface area contributed by atoms with Crippen LogP contribution in [-0.4, -0.2) is 17.2 Å². The van der Waals surface area contributed by atoms with E-state index in [1.54, 1.807) is 0 Å². The molecule has 0 amide bonds. The average Bonchev–Trinajstić information content (AvgIpc) is 2.68. The smallest absolute Gasteiger partial charge is 0.357 e. The molecule has 5 heteroatoms.